The maximum absolute atomic E-state index is 12.6. The Morgan fingerprint density at radius 1 is 0.932 bits per heavy atom. The molecule has 2 aromatic rings. The van der Waals surface area contributed by atoms with E-state index in [0.717, 1.165) is 31.6 Å². The number of ether oxygens (including phenoxy) is 1. The van der Waals surface area contributed by atoms with Gasteiger partial charge in [-0.05, 0) is 12.3 Å². The van der Waals surface area contributed by atoms with Crippen molar-refractivity contribution in [1.82, 2.24) is 30.6 Å². The number of carbonyl (C=O) groups excluding carboxylic acids is 2. The lowest BCUT2D eigenvalue weighted by molar-refractivity contribution is -0.204. The second-order valence-electron chi connectivity index (χ2n) is 12.1. The van der Waals surface area contributed by atoms with Crippen molar-refractivity contribution >= 4 is 28.8 Å². The van der Waals surface area contributed by atoms with Crippen LogP contribution in [-0.2, 0) is 14.3 Å². The molecular weight excluding hydrogens is 570 g/mol. The summed E-state index contributed by atoms with van der Waals surface area (Å²) in [5.74, 6) is 0.126. The molecule has 14 nitrogen and oxygen atoms in total. The van der Waals surface area contributed by atoms with E-state index in [-0.39, 0.29) is 18.3 Å². The number of aromatic nitrogens is 4. The minimum absolute atomic E-state index is 0.231. The Kier molecular flexibility index (Phi) is 15.2. The number of hydrogen-bond acceptors (Lipinski definition) is 11. The molecule has 0 aromatic carbocycles. The average molecular weight is 622 g/mol. The number of fused-ring (bicyclic) bond motifs is 1. The van der Waals surface area contributed by atoms with Gasteiger partial charge < -0.3 is 46.1 Å². The number of aromatic amines is 1. The molecule has 0 aliphatic carbocycles. The number of unbranched alkanes of at least 4 members (excludes halogenated alkanes) is 9. The van der Waals surface area contributed by atoms with Gasteiger partial charge in [-0.2, -0.15) is 0 Å². The van der Waals surface area contributed by atoms with Crippen LogP contribution in [0.25, 0.3) is 11.2 Å². The van der Waals surface area contributed by atoms with Crippen molar-refractivity contribution in [3.8, 4) is 0 Å². The lowest BCUT2D eigenvalue weighted by atomic mass is 9.92. The lowest BCUT2D eigenvalue weighted by Gasteiger charge is -2.44. The van der Waals surface area contributed by atoms with Crippen molar-refractivity contribution in [2.45, 2.75) is 128 Å². The summed E-state index contributed by atoms with van der Waals surface area (Å²) in [7, 11) is 0. The first-order chi connectivity index (χ1) is 21.2. The molecule has 8 N–H and O–H groups in total. The first kappa shape index (κ1) is 35.6. The zero-order chi connectivity index (χ0) is 31.9. The Morgan fingerprint density at radius 3 is 2.25 bits per heavy atom. The molecule has 2 aromatic heterocycles. The first-order valence-corrected chi connectivity index (χ1v) is 16.0. The third kappa shape index (κ3) is 11.2. The largest absolute Gasteiger partial charge is 0.394 e. The second kappa shape index (κ2) is 18.8. The van der Waals surface area contributed by atoms with Gasteiger partial charge in [-0.3, -0.25) is 9.59 Å². The molecule has 1 saturated heterocycles. The fourth-order valence-electron chi connectivity index (χ4n) is 5.41. The Labute approximate surface area is 258 Å². The molecule has 0 unspecified atom stereocenters. The van der Waals surface area contributed by atoms with Gasteiger partial charge in [0, 0.05) is 6.42 Å². The maximum Gasteiger partial charge on any atom is 0.239 e. The van der Waals surface area contributed by atoms with Crippen molar-refractivity contribution < 1.29 is 34.8 Å². The molecule has 0 radical (unpaired) electrons. The number of nitrogens with one attached hydrogen (secondary N) is 4. The second-order valence-corrected chi connectivity index (χ2v) is 12.1. The van der Waals surface area contributed by atoms with Crippen LogP contribution in [0.2, 0.25) is 0 Å². The normalized spacial score (nSPS) is 22.7. The smallest absolute Gasteiger partial charge is 0.239 e. The number of aliphatic hydroxyl groups is 4. The summed E-state index contributed by atoms with van der Waals surface area (Å²) in [6.45, 7) is 3.47. The van der Waals surface area contributed by atoms with E-state index in [9.17, 15) is 30.0 Å². The minimum Gasteiger partial charge on any atom is -0.394 e. The Balaban J connectivity index is 1.35. The van der Waals surface area contributed by atoms with Crippen LogP contribution < -0.4 is 16.0 Å². The van der Waals surface area contributed by atoms with Crippen molar-refractivity contribution in [3.63, 3.8) is 0 Å². The first-order valence-electron chi connectivity index (χ1n) is 16.0. The Hall–Kier alpha value is -2.91. The van der Waals surface area contributed by atoms with Crippen molar-refractivity contribution in [1.29, 1.82) is 0 Å². The predicted octanol–water partition coefficient (Wildman–Crippen LogP) is 1.50. The van der Waals surface area contributed by atoms with E-state index in [2.05, 4.69) is 49.7 Å². The molecule has 44 heavy (non-hydrogen) atoms. The molecule has 2 amide bonds. The van der Waals surface area contributed by atoms with Gasteiger partial charge in [0.2, 0.25) is 11.8 Å². The molecule has 6 atom stereocenters. The van der Waals surface area contributed by atoms with Gasteiger partial charge in [-0.1, -0.05) is 78.1 Å². The summed E-state index contributed by atoms with van der Waals surface area (Å²) in [5, 5.41) is 49.6. The third-order valence-corrected chi connectivity index (χ3v) is 7.96. The van der Waals surface area contributed by atoms with Crippen LogP contribution in [0.3, 0.4) is 0 Å². The monoisotopic (exact) mass is 621 g/mol. The van der Waals surface area contributed by atoms with Gasteiger partial charge in [-0.25, -0.2) is 15.0 Å². The molecule has 1 fully saturated rings. The number of hydrogen-bond donors (Lipinski definition) is 8. The van der Waals surface area contributed by atoms with Crippen LogP contribution in [0.1, 0.15) is 90.9 Å². The van der Waals surface area contributed by atoms with Gasteiger partial charge in [-0.15, -0.1) is 0 Å². The summed E-state index contributed by atoms with van der Waals surface area (Å²) in [4.78, 5) is 39.9. The van der Waals surface area contributed by atoms with Gasteiger partial charge in [0.25, 0.3) is 0 Å². The number of anilines is 1. The SMILES string of the molecule is CC(C)CCCCCCCCCCCCC(=O)NCC(=O)N[C@@H]1[C@@H](O)[C@H](O)[C@H](Nc2ncnc3nc[nH]c23)O[C@@H]1[C@H](O)CO. The van der Waals surface area contributed by atoms with Crippen molar-refractivity contribution in [2.24, 2.45) is 5.92 Å². The molecule has 0 saturated carbocycles. The molecule has 14 heteroatoms. The lowest BCUT2D eigenvalue weighted by Crippen LogP contribution is -2.68. The van der Waals surface area contributed by atoms with Crippen LogP contribution in [0.15, 0.2) is 12.7 Å². The van der Waals surface area contributed by atoms with E-state index < -0.39 is 49.2 Å². The van der Waals surface area contributed by atoms with Gasteiger partial charge in [0.05, 0.1) is 25.5 Å². The Bertz CT molecular complexity index is 1130. The van der Waals surface area contributed by atoms with Crippen LogP contribution in [0.5, 0.6) is 0 Å². The Morgan fingerprint density at radius 2 is 1.59 bits per heavy atom. The summed E-state index contributed by atoms with van der Waals surface area (Å²) < 4.78 is 5.79. The molecule has 1 aliphatic heterocycles. The number of carbonyl (C=O) groups is 2. The summed E-state index contributed by atoms with van der Waals surface area (Å²) in [6.07, 6.45) is 8.79. The average Bonchev–Trinajstić information content (AvgIpc) is 3.50. The molecule has 3 heterocycles. The van der Waals surface area contributed by atoms with Crippen molar-refractivity contribution in [2.75, 3.05) is 18.5 Å². The highest BCUT2D eigenvalue weighted by Crippen LogP contribution is 2.26. The predicted molar refractivity (Wildman–Crippen MR) is 164 cm³/mol. The van der Waals surface area contributed by atoms with E-state index in [0.29, 0.717) is 17.6 Å². The minimum atomic E-state index is -1.59. The fraction of sp³-hybridized carbons (Fsp3) is 0.767. The molecule has 248 valence electrons. The van der Waals surface area contributed by atoms with E-state index in [1.807, 2.05) is 0 Å². The maximum atomic E-state index is 12.6. The summed E-state index contributed by atoms with van der Waals surface area (Å²) >= 11 is 0. The third-order valence-electron chi connectivity index (χ3n) is 7.96. The fourth-order valence-corrected chi connectivity index (χ4v) is 5.41. The summed E-state index contributed by atoms with van der Waals surface area (Å²) in [5.41, 5.74) is 0.794. The molecule has 0 bridgehead atoms. The van der Waals surface area contributed by atoms with Gasteiger partial charge >= 0.3 is 0 Å². The molecule has 1 aliphatic rings. The van der Waals surface area contributed by atoms with Crippen LogP contribution >= 0.6 is 0 Å². The summed E-state index contributed by atoms with van der Waals surface area (Å²) in [6, 6.07) is -1.27. The quantitative estimate of drug-likeness (QED) is 0.0992. The standard InChI is InChI=1S/C30H51N7O7/c1-19(2)13-11-9-7-5-3-4-6-8-10-12-14-21(40)31-15-22(41)36-23-25(42)26(43)30(44-27(23)20(39)16-38)37-29-24-28(33-17-32-24)34-18-35-29/h17-20,23,25-27,30,38-39,42-43H,3-16H2,1-2H3,(H,31,40)(H,36,41)(H2,32,33,34,35,37)/t20-,23-,25-,26+,27-,30-/m1/s1. The van der Waals surface area contributed by atoms with E-state index in [4.69, 9.17) is 4.74 Å². The number of imidazole rings is 1. The van der Waals surface area contributed by atoms with Crippen LogP contribution in [0, 0.1) is 5.92 Å². The van der Waals surface area contributed by atoms with Crippen molar-refractivity contribution in [3.05, 3.63) is 12.7 Å². The van der Waals surface area contributed by atoms with E-state index in [1.54, 1.807) is 0 Å². The van der Waals surface area contributed by atoms with Gasteiger partial charge in [0.15, 0.2) is 17.7 Å². The number of amides is 2. The van der Waals surface area contributed by atoms with Gasteiger partial charge in [0.1, 0.15) is 36.3 Å². The number of nitrogens with zero attached hydrogens (tertiary/aromatic N) is 3. The molecular formula is C30H51N7O7. The number of aliphatic hydroxyl groups excluding tert-OH is 4. The highest BCUT2D eigenvalue weighted by Gasteiger charge is 2.48. The zero-order valence-corrected chi connectivity index (χ0v) is 26.0. The molecule has 0 spiro atoms. The van der Waals surface area contributed by atoms with Crippen LogP contribution in [-0.4, -0.2) is 102 Å². The highest BCUT2D eigenvalue weighted by molar-refractivity contribution is 5.85. The topological polar surface area (TPSA) is 215 Å². The molecule has 3 rings (SSSR count). The van der Waals surface area contributed by atoms with Crippen LogP contribution in [0.4, 0.5) is 5.82 Å². The number of H-pyrrole nitrogens is 1. The van der Waals surface area contributed by atoms with E-state index >= 15 is 0 Å². The number of rotatable bonds is 20. The zero-order valence-electron chi connectivity index (χ0n) is 26.0. The van der Waals surface area contributed by atoms with E-state index in [1.165, 1.54) is 57.6 Å². The highest BCUT2D eigenvalue weighted by atomic mass is 16.5.